The molecule has 0 saturated carbocycles. The van der Waals surface area contributed by atoms with Gasteiger partial charge in [-0.05, 0) is 48.3 Å². The molecule has 0 saturated heterocycles. The molecule has 0 amide bonds. The summed E-state index contributed by atoms with van der Waals surface area (Å²) in [6, 6.07) is 15.9. The van der Waals surface area contributed by atoms with Gasteiger partial charge in [-0.3, -0.25) is 0 Å². The molecule has 24 heavy (non-hydrogen) atoms. The molecule has 3 rings (SSSR count). The summed E-state index contributed by atoms with van der Waals surface area (Å²) in [5.41, 5.74) is 2.58. The van der Waals surface area contributed by atoms with Crippen LogP contribution in [0.4, 0.5) is 10.1 Å². The summed E-state index contributed by atoms with van der Waals surface area (Å²) >= 11 is 1.29. The predicted molar refractivity (Wildman–Crippen MR) is 93.4 cm³/mol. The van der Waals surface area contributed by atoms with Gasteiger partial charge in [0.2, 0.25) is 0 Å². The van der Waals surface area contributed by atoms with Crippen LogP contribution in [0.15, 0.2) is 59.6 Å². The lowest BCUT2D eigenvalue weighted by molar-refractivity contribution is 0.415. The Morgan fingerprint density at radius 1 is 1.21 bits per heavy atom. The number of aromatic amines is 1. The van der Waals surface area contributed by atoms with Crippen molar-refractivity contribution in [2.45, 2.75) is 4.90 Å². The van der Waals surface area contributed by atoms with Crippen LogP contribution >= 0.6 is 11.9 Å². The summed E-state index contributed by atoms with van der Waals surface area (Å²) in [6.45, 7) is 0. The largest absolute Gasteiger partial charge is 0.497 e. The molecule has 0 radical (unpaired) electrons. The molecule has 0 fully saturated rings. The molecule has 0 unspecified atom stereocenters. The van der Waals surface area contributed by atoms with Crippen LogP contribution in [0.2, 0.25) is 0 Å². The number of nitrogens with zero attached hydrogens (tertiary/aromatic N) is 1. The van der Waals surface area contributed by atoms with E-state index in [9.17, 15) is 4.39 Å². The Kier molecular flexibility index (Phi) is 4.73. The maximum Gasteiger partial charge on any atom is 0.148 e. The lowest BCUT2D eigenvalue weighted by Crippen LogP contribution is -1.91. The van der Waals surface area contributed by atoms with Crippen LogP contribution in [0.1, 0.15) is 5.56 Å². The molecular formula is C18H14FN3OS. The number of anilines is 1. The first-order valence-electron chi connectivity index (χ1n) is 7.15. The Hall–Kier alpha value is -2.91. The van der Waals surface area contributed by atoms with Gasteiger partial charge in [0.15, 0.2) is 0 Å². The Balaban J connectivity index is 1.71. The number of aromatic nitrogens is 1. The zero-order valence-electron chi connectivity index (χ0n) is 12.8. The van der Waals surface area contributed by atoms with Crippen molar-refractivity contribution in [2.75, 3.05) is 11.8 Å². The average molecular weight is 339 g/mol. The molecular weight excluding hydrogens is 325 g/mol. The van der Waals surface area contributed by atoms with E-state index in [-0.39, 0.29) is 0 Å². The van der Waals surface area contributed by atoms with Gasteiger partial charge in [0.05, 0.1) is 24.4 Å². The van der Waals surface area contributed by atoms with Crippen LogP contribution in [-0.4, -0.2) is 12.1 Å². The minimum Gasteiger partial charge on any atom is -0.497 e. The zero-order valence-corrected chi connectivity index (χ0v) is 13.7. The molecule has 2 N–H and O–H groups in total. The second-order valence-electron chi connectivity index (χ2n) is 4.99. The Morgan fingerprint density at radius 3 is 2.83 bits per heavy atom. The smallest absolute Gasteiger partial charge is 0.148 e. The number of hydrogen-bond donors (Lipinski definition) is 2. The minimum absolute atomic E-state index is 0.296. The molecule has 0 atom stereocenters. The predicted octanol–water partition coefficient (Wildman–Crippen LogP) is 4.82. The third-order valence-electron chi connectivity index (χ3n) is 3.41. The van der Waals surface area contributed by atoms with E-state index in [1.165, 1.54) is 18.0 Å². The topological polar surface area (TPSA) is 60.8 Å². The Labute approximate surface area is 143 Å². The van der Waals surface area contributed by atoms with Crippen molar-refractivity contribution in [3.63, 3.8) is 0 Å². The number of nitrogens with one attached hydrogen (secondary N) is 2. The van der Waals surface area contributed by atoms with Gasteiger partial charge in [-0.25, -0.2) is 4.39 Å². The fourth-order valence-electron chi connectivity index (χ4n) is 2.17. The molecule has 0 aliphatic heterocycles. The van der Waals surface area contributed by atoms with Crippen molar-refractivity contribution in [2.24, 2.45) is 0 Å². The van der Waals surface area contributed by atoms with Crippen LogP contribution in [0.3, 0.4) is 0 Å². The van der Waals surface area contributed by atoms with Crippen molar-refractivity contribution in [3.8, 4) is 23.1 Å². The quantitative estimate of drug-likeness (QED) is 0.654. The molecule has 0 aliphatic carbocycles. The van der Waals surface area contributed by atoms with E-state index in [0.29, 0.717) is 11.3 Å². The van der Waals surface area contributed by atoms with Gasteiger partial charge in [0, 0.05) is 22.3 Å². The number of nitriles is 1. The summed E-state index contributed by atoms with van der Waals surface area (Å²) in [5, 5.41) is 8.75. The van der Waals surface area contributed by atoms with Crippen molar-refractivity contribution in [1.82, 2.24) is 4.98 Å². The number of methoxy groups -OCH3 is 1. The third-order valence-corrected chi connectivity index (χ3v) is 4.21. The summed E-state index contributed by atoms with van der Waals surface area (Å²) < 4.78 is 22.0. The lowest BCUT2D eigenvalue weighted by Gasteiger charge is -2.05. The molecule has 4 nitrogen and oxygen atoms in total. The number of ether oxygens (including phenoxy) is 1. The van der Waals surface area contributed by atoms with Crippen LogP contribution in [0.25, 0.3) is 11.3 Å². The van der Waals surface area contributed by atoms with E-state index < -0.39 is 5.82 Å². The number of benzene rings is 2. The van der Waals surface area contributed by atoms with Crippen LogP contribution in [0, 0.1) is 17.1 Å². The molecule has 0 spiro atoms. The van der Waals surface area contributed by atoms with Crippen LogP contribution in [-0.2, 0) is 0 Å². The van der Waals surface area contributed by atoms with Gasteiger partial charge in [-0.1, -0.05) is 12.1 Å². The first-order chi connectivity index (χ1) is 11.7. The van der Waals surface area contributed by atoms with Gasteiger partial charge in [-0.15, -0.1) is 0 Å². The molecule has 120 valence electrons. The molecule has 1 heterocycles. The van der Waals surface area contributed by atoms with E-state index in [4.69, 9.17) is 10.00 Å². The molecule has 3 aromatic rings. The van der Waals surface area contributed by atoms with Gasteiger partial charge >= 0.3 is 0 Å². The monoisotopic (exact) mass is 339 g/mol. The van der Waals surface area contributed by atoms with Gasteiger partial charge in [-0.2, -0.15) is 5.26 Å². The SMILES string of the molecule is COc1cccc(-c2cc(SNc3ccc(C#N)cc3F)c[nH]2)c1. The van der Waals surface area contributed by atoms with E-state index in [2.05, 4.69) is 9.71 Å². The zero-order chi connectivity index (χ0) is 16.9. The van der Waals surface area contributed by atoms with Gasteiger partial charge in [0.25, 0.3) is 0 Å². The van der Waals surface area contributed by atoms with Crippen molar-refractivity contribution < 1.29 is 9.13 Å². The normalized spacial score (nSPS) is 10.2. The Morgan fingerprint density at radius 2 is 2.08 bits per heavy atom. The van der Waals surface area contributed by atoms with E-state index in [1.807, 2.05) is 42.6 Å². The summed E-state index contributed by atoms with van der Waals surface area (Å²) in [6.07, 6.45) is 1.84. The second-order valence-corrected chi connectivity index (χ2v) is 5.87. The highest BCUT2D eigenvalue weighted by Crippen LogP contribution is 2.29. The van der Waals surface area contributed by atoms with Crippen LogP contribution < -0.4 is 9.46 Å². The number of rotatable bonds is 5. The molecule has 0 bridgehead atoms. The number of halogens is 1. The van der Waals surface area contributed by atoms with Crippen molar-refractivity contribution >= 4 is 17.6 Å². The third kappa shape index (κ3) is 3.53. The Bertz CT molecular complexity index is 901. The molecule has 1 aromatic heterocycles. The first kappa shape index (κ1) is 16.0. The minimum atomic E-state index is -0.454. The average Bonchev–Trinajstić information content (AvgIpc) is 3.09. The summed E-state index contributed by atoms with van der Waals surface area (Å²) in [7, 11) is 1.63. The number of hydrogen-bond acceptors (Lipinski definition) is 4. The second kappa shape index (κ2) is 7.11. The van der Waals surface area contributed by atoms with Crippen LogP contribution in [0.5, 0.6) is 5.75 Å². The highest BCUT2D eigenvalue weighted by atomic mass is 32.2. The fourth-order valence-corrected chi connectivity index (χ4v) is 2.86. The highest BCUT2D eigenvalue weighted by molar-refractivity contribution is 8.00. The highest BCUT2D eigenvalue weighted by Gasteiger charge is 2.07. The number of H-pyrrole nitrogens is 1. The van der Waals surface area contributed by atoms with Crippen molar-refractivity contribution in [1.29, 1.82) is 5.26 Å². The lowest BCUT2D eigenvalue weighted by atomic mass is 10.1. The summed E-state index contributed by atoms with van der Waals surface area (Å²) in [5.74, 6) is 0.333. The maximum absolute atomic E-state index is 13.8. The fraction of sp³-hybridized carbons (Fsp3) is 0.0556. The molecule has 0 aliphatic rings. The first-order valence-corrected chi connectivity index (χ1v) is 7.96. The van der Waals surface area contributed by atoms with Crippen molar-refractivity contribution in [3.05, 3.63) is 66.1 Å². The van der Waals surface area contributed by atoms with E-state index in [0.717, 1.165) is 21.9 Å². The van der Waals surface area contributed by atoms with E-state index in [1.54, 1.807) is 19.2 Å². The molecule has 6 heteroatoms. The summed E-state index contributed by atoms with van der Waals surface area (Å²) in [4.78, 5) is 4.10. The van der Waals surface area contributed by atoms with E-state index >= 15 is 0 Å². The van der Waals surface area contributed by atoms with Gasteiger partial charge < -0.3 is 14.4 Å². The molecule has 2 aromatic carbocycles. The standard InChI is InChI=1S/C18H14FN3OS/c1-23-14-4-2-3-13(8-14)18-9-15(11-21-18)24-22-17-6-5-12(10-20)7-16(17)19/h2-9,11,21-22H,1H3. The maximum atomic E-state index is 13.8. The van der Waals surface area contributed by atoms with Gasteiger partial charge in [0.1, 0.15) is 11.6 Å².